The smallest absolute Gasteiger partial charge is 0.313 e. The van der Waals surface area contributed by atoms with Crippen molar-refractivity contribution in [2.24, 2.45) is 16.1 Å². The van der Waals surface area contributed by atoms with Crippen molar-refractivity contribution in [1.82, 2.24) is 20.5 Å². The Morgan fingerprint density at radius 1 is 1.54 bits per heavy atom. The van der Waals surface area contributed by atoms with Gasteiger partial charge in [-0.3, -0.25) is 14.6 Å². The Kier molecular flexibility index (Phi) is 4.86. The summed E-state index contributed by atoms with van der Waals surface area (Å²) in [5.41, 5.74) is 9.54. The number of hydrazine groups is 2. The lowest BCUT2D eigenvalue weighted by Gasteiger charge is -2.52. The van der Waals surface area contributed by atoms with Crippen molar-refractivity contribution in [2.75, 3.05) is 24.8 Å². The molecule has 4 rings (SSSR count). The molecular weight excluding hydrogens is 404 g/mol. The number of carboxylic acids is 1. The van der Waals surface area contributed by atoms with E-state index >= 15 is 0 Å². The highest BCUT2D eigenvalue weighted by Gasteiger charge is 2.56. The van der Waals surface area contributed by atoms with Crippen molar-refractivity contribution in [3.63, 3.8) is 0 Å². The molecule has 2 unspecified atom stereocenters. The predicted octanol–water partition coefficient (Wildman–Crippen LogP) is -0.475. The van der Waals surface area contributed by atoms with Gasteiger partial charge in [0, 0.05) is 29.3 Å². The number of rotatable bonds is 5. The molecule has 28 heavy (non-hydrogen) atoms. The van der Waals surface area contributed by atoms with Gasteiger partial charge in [-0.2, -0.15) is 0 Å². The Balaban J connectivity index is 1.54. The number of nitrogens with one attached hydrogen (secondary N) is 1. The molecule has 0 aromatic heterocycles. The van der Waals surface area contributed by atoms with E-state index < -0.39 is 17.4 Å². The molecule has 12 heteroatoms. The fourth-order valence-corrected chi connectivity index (χ4v) is 6.45. The third kappa shape index (κ3) is 2.90. The van der Waals surface area contributed by atoms with Crippen LogP contribution in [0.15, 0.2) is 27.6 Å². The predicted molar refractivity (Wildman–Crippen MR) is 106 cm³/mol. The van der Waals surface area contributed by atoms with Crippen molar-refractivity contribution < 1.29 is 19.8 Å². The minimum atomic E-state index is -1.06. The SMILES string of the molecule is CC1=NC2=CN(CO)NN2C(SCC2(C(=O)O)CS[C@@H]3C(N)C(=O)N3C2)=C1C. The van der Waals surface area contributed by atoms with Crippen LogP contribution in [0.2, 0.25) is 0 Å². The number of β-lactam (4-membered cyclic amide) rings is 1. The molecule has 152 valence electrons. The fourth-order valence-electron chi connectivity index (χ4n) is 3.47. The van der Waals surface area contributed by atoms with Gasteiger partial charge >= 0.3 is 5.97 Å². The fraction of sp³-hybridized carbons (Fsp3) is 0.562. The van der Waals surface area contributed by atoms with E-state index in [0.29, 0.717) is 17.3 Å². The topological polar surface area (TPSA) is 135 Å². The summed E-state index contributed by atoms with van der Waals surface area (Å²) < 4.78 is 0. The molecule has 0 spiro atoms. The molecule has 0 radical (unpaired) electrons. The minimum Gasteiger partial charge on any atom is -0.481 e. The summed E-state index contributed by atoms with van der Waals surface area (Å²) in [4.78, 5) is 30.3. The zero-order valence-corrected chi connectivity index (χ0v) is 17.1. The number of aliphatic hydroxyl groups excluding tert-OH is 1. The van der Waals surface area contributed by atoms with E-state index in [4.69, 9.17) is 5.73 Å². The highest BCUT2D eigenvalue weighted by Crippen LogP contribution is 2.45. The zero-order valence-electron chi connectivity index (χ0n) is 15.5. The molecule has 0 bridgehead atoms. The summed E-state index contributed by atoms with van der Waals surface area (Å²) in [7, 11) is 0. The first-order chi connectivity index (χ1) is 13.3. The lowest BCUT2D eigenvalue weighted by atomic mass is 9.89. The van der Waals surface area contributed by atoms with Gasteiger partial charge in [-0.15, -0.1) is 29.1 Å². The Morgan fingerprint density at radius 3 is 2.96 bits per heavy atom. The number of allylic oxidation sites excluding steroid dienone is 1. The summed E-state index contributed by atoms with van der Waals surface area (Å²) in [6.45, 7) is 3.76. The van der Waals surface area contributed by atoms with E-state index in [2.05, 4.69) is 10.5 Å². The molecule has 0 saturated carbocycles. The minimum absolute atomic E-state index is 0.122. The number of carboxylic acid groups (broad SMARTS) is 1. The van der Waals surface area contributed by atoms with Crippen LogP contribution < -0.4 is 11.3 Å². The van der Waals surface area contributed by atoms with Crippen LogP contribution in [0, 0.1) is 5.41 Å². The number of aliphatic hydroxyl groups is 1. The second kappa shape index (κ2) is 6.95. The Hall–Kier alpha value is -1.73. The Labute approximate surface area is 170 Å². The Bertz CT molecular complexity index is 830. The van der Waals surface area contributed by atoms with E-state index in [1.165, 1.54) is 28.5 Å². The van der Waals surface area contributed by atoms with E-state index in [9.17, 15) is 19.8 Å². The monoisotopic (exact) mass is 426 g/mol. The number of aliphatic carboxylic acids is 1. The normalized spacial score (nSPS) is 32.0. The maximum absolute atomic E-state index is 12.2. The van der Waals surface area contributed by atoms with Gasteiger partial charge in [0.2, 0.25) is 5.91 Å². The van der Waals surface area contributed by atoms with Gasteiger partial charge in [0.1, 0.15) is 23.6 Å². The summed E-state index contributed by atoms with van der Waals surface area (Å²) >= 11 is 2.85. The van der Waals surface area contributed by atoms with E-state index in [0.717, 1.165) is 16.3 Å². The van der Waals surface area contributed by atoms with Gasteiger partial charge in [0.25, 0.3) is 0 Å². The van der Waals surface area contributed by atoms with Crippen LogP contribution in [0.1, 0.15) is 13.8 Å². The standard InChI is InChI=1S/C16H22N6O4S2/c1-8-9(2)18-10-3-20(7-23)19-22(10)13(8)27-5-16(15(25)26)4-21-12(24)11(17)14(21)28-6-16/h3,11,14,19,23H,4-7,17H2,1-2H3,(H,25,26)/t11?,14-,16?/m1/s1. The number of carbonyl (C=O) groups excluding carboxylic acids is 1. The van der Waals surface area contributed by atoms with Crippen LogP contribution in [0.3, 0.4) is 0 Å². The summed E-state index contributed by atoms with van der Waals surface area (Å²) in [6, 6.07) is -0.530. The van der Waals surface area contributed by atoms with E-state index in [1.807, 2.05) is 13.8 Å². The maximum Gasteiger partial charge on any atom is 0.313 e. The number of fused-ring (bicyclic) bond motifs is 2. The molecule has 4 aliphatic rings. The summed E-state index contributed by atoms with van der Waals surface area (Å²) in [5, 5.41) is 23.3. The maximum atomic E-state index is 12.2. The van der Waals surface area contributed by atoms with E-state index in [-0.39, 0.29) is 24.6 Å². The molecule has 4 aliphatic heterocycles. The van der Waals surface area contributed by atoms with Gasteiger partial charge in [-0.05, 0) is 13.8 Å². The van der Waals surface area contributed by atoms with Crippen LogP contribution in [0.25, 0.3) is 0 Å². The van der Waals surface area contributed by atoms with Crippen LogP contribution >= 0.6 is 23.5 Å². The zero-order chi connectivity index (χ0) is 20.2. The highest BCUT2D eigenvalue weighted by molar-refractivity contribution is 8.03. The Morgan fingerprint density at radius 2 is 2.29 bits per heavy atom. The van der Waals surface area contributed by atoms with Crippen molar-refractivity contribution in [3.8, 4) is 0 Å². The van der Waals surface area contributed by atoms with Crippen LogP contribution in [0.5, 0.6) is 0 Å². The molecule has 0 aromatic rings. The summed E-state index contributed by atoms with van der Waals surface area (Å²) in [5.74, 6) is 0.224. The van der Waals surface area contributed by atoms with Crippen molar-refractivity contribution in [1.29, 1.82) is 0 Å². The first-order valence-corrected chi connectivity index (χ1v) is 10.8. The number of carbonyl (C=O) groups is 2. The third-order valence-corrected chi connectivity index (χ3v) is 8.42. The van der Waals surface area contributed by atoms with Crippen LogP contribution in [-0.4, -0.2) is 78.9 Å². The molecule has 10 nitrogen and oxygen atoms in total. The molecule has 2 fully saturated rings. The number of hydrogen-bond acceptors (Lipinski definition) is 10. The highest BCUT2D eigenvalue weighted by atomic mass is 32.2. The number of hydrogen-bond donors (Lipinski definition) is 4. The van der Waals surface area contributed by atoms with Gasteiger partial charge < -0.3 is 20.8 Å². The molecule has 0 aromatic carbocycles. The average molecular weight is 427 g/mol. The molecular formula is C16H22N6O4S2. The van der Waals surface area contributed by atoms with Gasteiger partial charge in [0.05, 0.1) is 11.2 Å². The van der Waals surface area contributed by atoms with E-state index in [1.54, 1.807) is 16.1 Å². The lowest BCUT2D eigenvalue weighted by molar-refractivity contribution is -0.155. The molecule has 3 atom stereocenters. The van der Waals surface area contributed by atoms with Crippen LogP contribution in [0.4, 0.5) is 0 Å². The number of aliphatic imine (C=N–C) groups is 1. The number of nitrogens with zero attached hydrogens (tertiary/aromatic N) is 4. The number of nitrogens with two attached hydrogens (primary N) is 1. The molecule has 0 aliphatic carbocycles. The van der Waals surface area contributed by atoms with Gasteiger partial charge in [0.15, 0.2) is 5.82 Å². The van der Waals surface area contributed by atoms with Crippen LogP contribution in [-0.2, 0) is 9.59 Å². The third-order valence-electron chi connectivity index (χ3n) is 5.35. The molecule has 2 saturated heterocycles. The number of thioether (sulfide) groups is 2. The lowest BCUT2D eigenvalue weighted by Crippen LogP contribution is -2.72. The van der Waals surface area contributed by atoms with Crippen molar-refractivity contribution >= 4 is 41.1 Å². The van der Waals surface area contributed by atoms with Gasteiger partial charge in [-0.25, -0.2) is 10.0 Å². The number of amides is 1. The average Bonchev–Trinajstić information content (AvgIpc) is 3.09. The molecule has 5 N–H and O–H groups in total. The summed E-state index contributed by atoms with van der Waals surface area (Å²) in [6.07, 6.45) is 1.69. The first-order valence-electron chi connectivity index (χ1n) is 8.73. The van der Waals surface area contributed by atoms with Gasteiger partial charge in [-0.1, -0.05) is 0 Å². The second-order valence-corrected chi connectivity index (χ2v) is 9.30. The van der Waals surface area contributed by atoms with Crippen molar-refractivity contribution in [2.45, 2.75) is 25.3 Å². The second-order valence-electron chi connectivity index (χ2n) is 7.23. The molecule has 1 amide bonds. The largest absolute Gasteiger partial charge is 0.481 e. The molecule has 4 heterocycles. The quantitative estimate of drug-likeness (QED) is 0.427. The first kappa shape index (κ1) is 19.6. The van der Waals surface area contributed by atoms with Crippen molar-refractivity contribution in [3.05, 3.63) is 22.6 Å².